The molecule has 0 aliphatic carbocycles. The molecule has 1 heterocycles. The molecule has 22 heavy (non-hydrogen) atoms. The van der Waals surface area contributed by atoms with Gasteiger partial charge in [0.25, 0.3) is 0 Å². The third kappa shape index (κ3) is 6.89. The Hall–Kier alpha value is -1.63. The van der Waals surface area contributed by atoms with Gasteiger partial charge in [-0.1, -0.05) is 13.8 Å². The number of ether oxygens (including phenoxy) is 1. The molecular weight excluding hydrogens is 282 g/mol. The van der Waals surface area contributed by atoms with Crippen LogP contribution < -0.4 is 10.6 Å². The fourth-order valence-corrected chi connectivity index (χ4v) is 1.91. The van der Waals surface area contributed by atoms with Crippen LogP contribution in [0.15, 0.2) is 6.33 Å². The van der Waals surface area contributed by atoms with Crippen LogP contribution in [0.25, 0.3) is 0 Å². The van der Waals surface area contributed by atoms with E-state index in [9.17, 15) is 4.79 Å². The Bertz CT molecular complexity index is 465. The summed E-state index contributed by atoms with van der Waals surface area (Å²) < 4.78 is 7.14. The van der Waals surface area contributed by atoms with E-state index in [4.69, 9.17) is 4.74 Å². The molecule has 0 bridgehead atoms. The lowest BCUT2D eigenvalue weighted by molar-refractivity contribution is 0.0515. The van der Waals surface area contributed by atoms with Crippen molar-refractivity contribution in [2.75, 3.05) is 13.1 Å². The molecule has 1 aromatic rings. The second kappa shape index (κ2) is 8.12. The SMILES string of the molecule is CC(C)C(CNCc1nncn1C)CNC(=O)OC(C)(C)C. The van der Waals surface area contributed by atoms with Gasteiger partial charge in [-0.25, -0.2) is 4.79 Å². The first kappa shape index (κ1) is 18.4. The van der Waals surface area contributed by atoms with Crippen molar-refractivity contribution in [2.45, 2.75) is 46.8 Å². The third-order valence-electron chi connectivity index (χ3n) is 3.35. The predicted molar refractivity (Wildman–Crippen MR) is 85.3 cm³/mol. The highest BCUT2D eigenvalue weighted by Gasteiger charge is 2.19. The van der Waals surface area contributed by atoms with E-state index in [-0.39, 0.29) is 6.09 Å². The Morgan fingerprint density at radius 2 is 2.05 bits per heavy atom. The number of amides is 1. The number of alkyl carbamates (subject to hydrolysis) is 1. The number of aryl methyl sites for hydroxylation is 1. The molecule has 1 unspecified atom stereocenters. The van der Waals surface area contributed by atoms with E-state index in [1.807, 2.05) is 32.4 Å². The van der Waals surface area contributed by atoms with Gasteiger partial charge in [0.1, 0.15) is 17.8 Å². The summed E-state index contributed by atoms with van der Waals surface area (Å²) in [5.74, 6) is 1.66. The lowest BCUT2D eigenvalue weighted by Gasteiger charge is -2.24. The highest BCUT2D eigenvalue weighted by molar-refractivity contribution is 5.67. The zero-order valence-corrected chi connectivity index (χ0v) is 14.5. The van der Waals surface area contributed by atoms with E-state index >= 15 is 0 Å². The van der Waals surface area contributed by atoms with Crippen LogP contribution in [0.2, 0.25) is 0 Å². The van der Waals surface area contributed by atoms with Crippen LogP contribution in [0.5, 0.6) is 0 Å². The van der Waals surface area contributed by atoms with Crippen molar-refractivity contribution in [2.24, 2.45) is 18.9 Å². The van der Waals surface area contributed by atoms with Gasteiger partial charge >= 0.3 is 6.09 Å². The number of hydrogen-bond donors (Lipinski definition) is 2. The minimum Gasteiger partial charge on any atom is -0.444 e. The van der Waals surface area contributed by atoms with Gasteiger partial charge in [0, 0.05) is 20.1 Å². The molecule has 0 aliphatic rings. The summed E-state index contributed by atoms with van der Waals surface area (Å²) in [5.41, 5.74) is -0.471. The smallest absolute Gasteiger partial charge is 0.407 e. The van der Waals surface area contributed by atoms with Crippen molar-refractivity contribution < 1.29 is 9.53 Å². The minimum atomic E-state index is -0.471. The van der Waals surface area contributed by atoms with E-state index in [0.717, 1.165) is 12.4 Å². The van der Waals surface area contributed by atoms with Crippen molar-refractivity contribution >= 4 is 6.09 Å². The summed E-state index contributed by atoms with van der Waals surface area (Å²) in [7, 11) is 1.92. The first-order valence-electron chi connectivity index (χ1n) is 7.69. The number of carbonyl (C=O) groups is 1. The molecule has 0 aromatic carbocycles. The van der Waals surface area contributed by atoms with Gasteiger partial charge in [0.05, 0.1) is 6.54 Å². The molecule has 1 aromatic heterocycles. The molecule has 2 N–H and O–H groups in total. The molecule has 7 heteroatoms. The van der Waals surface area contributed by atoms with Gasteiger partial charge in [-0.05, 0) is 32.6 Å². The lowest BCUT2D eigenvalue weighted by atomic mass is 9.96. The van der Waals surface area contributed by atoms with Crippen molar-refractivity contribution in [3.63, 3.8) is 0 Å². The van der Waals surface area contributed by atoms with Crippen molar-refractivity contribution in [1.82, 2.24) is 25.4 Å². The van der Waals surface area contributed by atoms with E-state index < -0.39 is 5.60 Å². The fraction of sp³-hybridized carbons (Fsp3) is 0.800. The summed E-state index contributed by atoms with van der Waals surface area (Å²) in [5, 5.41) is 14.1. The number of aromatic nitrogens is 3. The number of nitrogens with one attached hydrogen (secondary N) is 2. The van der Waals surface area contributed by atoms with Gasteiger partial charge < -0.3 is 19.9 Å². The predicted octanol–water partition coefficient (Wildman–Crippen LogP) is 1.70. The first-order valence-corrected chi connectivity index (χ1v) is 7.69. The molecule has 1 atom stereocenters. The van der Waals surface area contributed by atoms with Crippen LogP contribution in [-0.2, 0) is 18.3 Å². The monoisotopic (exact) mass is 311 g/mol. The average molecular weight is 311 g/mol. The van der Waals surface area contributed by atoms with Crippen molar-refractivity contribution in [3.8, 4) is 0 Å². The lowest BCUT2D eigenvalue weighted by Crippen LogP contribution is -2.39. The van der Waals surface area contributed by atoms with Crippen LogP contribution >= 0.6 is 0 Å². The van der Waals surface area contributed by atoms with E-state index in [1.54, 1.807) is 6.33 Å². The van der Waals surface area contributed by atoms with Crippen molar-refractivity contribution in [3.05, 3.63) is 12.2 Å². The van der Waals surface area contributed by atoms with Gasteiger partial charge in [-0.3, -0.25) is 0 Å². The minimum absolute atomic E-state index is 0.320. The fourth-order valence-electron chi connectivity index (χ4n) is 1.91. The summed E-state index contributed by atoms with van der Waals surface area (Å²) in [4.78, 5) is 11.7. The number of nitrogens with zero attached hydrogens (tertiary/aromatic N) is 3. The van der Waals surface area contributed by atoms with Crippen LogP contribution in [-0.4, -0.2) is 39.5 Å². The van der Waals surface area contributed by atoms with Gasteiger partial charge in [0.15, 0.2) is 0 Å². The maximum absolute atomic E-state index is 11.7. The Morgan fingerprint density at radius 3 is 2.55 bits per heavy atom. The summed E-state index contributed by atoms with van der Waals surface area (Å²) >= 11 is 0. The molecule has 7 nitrogen and oxygen atoms in total. The zero-order valence-electron chi connectivity index (χ0n) is 14.5. The second-order valence-corrected chi connectivity index (χ2v) is 6.88. The molecule has 0 aliphatic heterocycles. The Morgan fingerprint density at radius 1 is 1.36 bits per heavy atom. The molecule has 1 amide bonds. The van der Waals surface area contributed by atoms with E-state index in [1.165, 1.54) is 0 Å². The standard InChI is InChI=1S/C15H29N5O2/c1-11(2)12(8-17-14(21)22-15(3,4)5)7-16-9-13-19-18-10-20(13)6/h10-12,16H,7-9H2,1-6H3,(H,17,21). The van der Waals surface area contributed by atoms with Crippen LogP contribution in [0.3, 0.4) is 0 Å². The van der Waals surface area contributed by atoms with E-state index in [2.05, 4.69) is 34.7 Å². The van der Waals surface area contributed by atoms with Gasteiger partial charge in [-0.2, -0.15) is 0 Å². The molecule has 0 radical (unpaired) electrons. The number of hydrogen-bond acceptors (Lipinski definition) is 5. The second-order valence-electron chi connectivity index (χ2n) is 6.88. The number of rotatable bonds is 7. The highest BCUT2D eigenvalue weighted by Crippen LogP contribution is 2.10. The Labute approximate surface area is 132 Å². The first-order chi connectivity index (χ1) is 10.2. The van der Waals surface area contributed by atoms with Gasteiger partial charge in [0.2, 0.25) is 0 Å². The summed E-state index contributed by atoms with van der Waals surface area (Å²) in [6.07, 6.45) is 1.31. The van der Waals surface area contributed by atoms with Crippen LogP contribution in [0.1, 0.15) is 40.4 Å². The average Bonchev–Trinajstić information content (AvgIpc) is 2.76. The Balaban J connectivity index is 2.36. The molecule has 0 spiro atoms. The zero-order chi connectivity index (χ0) is 16.8. The Kier molecular flexibility index (Phi) is 6.80. The largest absolute Gasteiger partial charge is 0.444 e. The molecule has 1 rings (SSSR count). The van der Waals surface area contributed by atoms with Crippen molar-refractivity contribution in [1.29, 1.82) is 0 Å². The van der Waals surface area contributed by atoms with Crippen LogP contribution in [0.4, 0.5) is 4.79 Å². The topological polar surface area (TPSA) is 81.1 Å². The molecule has 0 saturated carbocycles. The van der Waals surface area contributed by atoms with E-state index in [0.29, 0.717) is 24.9 Å². The molecular formula is C15H29N5O2. The maximum atomic E-state index is 11.7. The highest BCUT2D eigenvalue weighted by atomic mass is 16.6. The molecule has 0 saturated heterocycles. The normalized spacial score (nSPS) is 13.2. The summed E-state index contributed by atoms with van der Waals surface area (Å²) in [6, 6.07) is 0. The molecule has 126 valence electrons. The molecule has 0 fully saturated rings. The maximum Gasteiger partial charge on any atom is 0.407 e. The summed E-state index contributed by atoms with van der Waals surface area (Å²) in [6.45, 7) is 11.9. The quantitative estimate of drug-likeness (QED) is 0.801. The number of carbonyl (C=O) groups excluding carboxylic acids is 1. The van der Waals surface area contributed by atoms with Gasteiger partial charge in [-0.15, -0.1) is 10.2 Å². The van der Waals surface area contributed by atoms with Crippen LogP contribution in [0, 0.1) is 11.8 Å². The third-order valence-corrected chi connectivity index (χ3v) is 3.35.